The molecule has 14 heteroatoms. The summed E-state index contributed by atoms with van der Waals surface area (Å²) in [5, 5.41) is 36.7. The van der Waals surface area contributed by atoms with Gasteiger partial charge in [0.05, 0.1) is 52.9 Å². The van der Waals surface area contributed by atoms with E-state index in [0.717, 1.165) is 0 Å². The smallest absolute Gasteiger partial charge is 0.336 e. The minimum absolute atomic E-state index is 0.167. The SMILES string of the molecule is O=C(O)[C@@H]1OCCOCCO[C@@H](C(=O)O)[C@H](C(=O)O)OCCOCCO[C@H]1C(=O)O. The van der Waals surface area contributed by atoms with E-state index in [2.05, 4.69) is 0 Å². The number of carboxylic acids is 4. The van der Waals surface area contributed by atoms with Crippen molar-refractivity contribution < 1.29 is 68.0 Å². The molecule has 0 spiro atoms. The molecule has 172 valence electrons. The van der Waals surface area contributed by atoms with Crippen LogP contribution in [-0.2, 0) is 47.6 Å². The van der Waals surface area contributed by atoms with E-state index in [-0.39, 0.29) is 52.9 Å². The van der Waals surface area contributed by atoms with E-state index in [1.807, 2.05) is 0 Å². The zero-order valence-electron chi connectivity index (χ0n) is 15.8. The molecule has 0 radical (unpaired) electrons. The molecule has 1 aliphatic rings. The van der Waals surface area contributed by atoms with E-state index < -0.39 is 48.3 Å². The van der Waals surface area contributed by atoms with Gasteiger partial charge in [0.25, 0.3) is 0 Å². The lowest BCUT2D eigenvalue weighted by Crippen LogP contribution is -2.45. The molecule has 30 heavy (non-hydrogen) atoms. The van der Waals surface area contributed by atoms with Gasteiger partial charge < -0.3 is 48.8 Å². The fourth-order valence-electron chi connectivity index (χ4n) is 2.29. The predicted octanol–water partition coefficient (Wildman–Crippen LogP) is -2.09. The molecule has 1 saturated heterocycles. The van der Waals surface area contributed by atoms with Crippen LogP contribution >= 0.6 is 0 Å². The third kappa shape index (κ3) is 8.98. The molecule has 14 nitrogen and oxygen atoms in total. The highest BCUT2D eigenvalue weighted by Crippen LogP contribution is 2.08. The topological polar surface area (TPSA) is 205 Å². The Labute approximate surface area is 170 Å². The fraction of sp³-hybridized carbons (Fsp3) is 0.750. The van der Waals surface area contributed by atoms with Crippen molar-refractivity contribution in [2.45, 2.75) is 24.4 Å². The van der Waals surface area contributed by atoms with Crippen LogP contribution in [0.2, 0.25) is 0 Å². The molecule has 0 aromatic heterocycles. The van der Waals surface area contributed by atoms with E-state index in [1.54, 1.807) is 0 Å². The van der Waals surface area contributed by atoms with Crippen LogP contribution in [0.1, 0.15) is 0 Å². The molecular weight excluding hydrogens is 416 g/mol. The number of carbonyl (C=O) groups is 4. The standard InChI is InChI=1S/C16H24O14/c17-13(18)9-10(14(19)20)29-7-3-26-4-8-30-12(16(23)24)11(15(21)22)28-6-2-25-1-5-27-9/h9-12H,1-8H2,(H,17,18)(H,19,20)(H,21,22)(H,23,24)/t9-,10-,11-,12-/m1/s1. The first kappa shape index (κ1) is 25.7. The first-order valence-corrected chi connectivity index (χ1v) is 8.78. The predicted molar refractivity (Wildman–Crippen MR) is 91.1 cm³/mol. The van der Waals surface area contributed by atoms with Gasteiger partial charge in [-0.25, -0.2) is 19.2 Å². The van der Waals surface area contributed by atoms with Gasteiger partial charge in [-0.3, -0.25) is 0 Å². The van der Waals surface area contributed by atoms with Crippen molar-refractivity contribution in [3.05, 3.63) is 0 Å². The van der Waals surface area contributed by atoms with Gasteiger partial charge in [-0.2, -0.15) is 0 Å². The molecule has 0 unspecified atom stereocenters. The maximum absolute atomic E-state index is 11.3. The van der Waals surface area contributed by atoms with E-state index in [9.17, 15) is 39.6 Å². The molecule has 0 amide bonds. The second kappa shape index (κ2) is 13.8. The second-order valence-corrected chi connectivity index (χ2v) is 5.74. The van der Waals surface area contributed by atoms with Crippen LogP contribution in [0, 0.1) is 0 Å². The first-order chi connectivity index (χ1) is 14.3. The van der Waals surface area contributed by atoms with Crippen LogP contribution in [0.3, 0.4) is 0 Å². The Hall–Kier alpha value is -2.36. The zero-order valence-corrected chi connectivity index (χ0v) is 15.8. The van der Waals surface area contributed by atoms with Crippen LogP contribution in [0.4, 0.5) is 0 Å². The first-order valence-electron chi connectivity index (χ1n) is 8.78. The van der Waals surface area contributed by atoms with Gasteiger partial charge in [-0.05, 0) is 0 Å². The zero-order chi connectivity index (χ0) is 22.5. The number of ether oxygens (including phenoxy) is 6. The Balaban J connectivity index is 2.77. The lowest BCUT2D eigenvalue weighted by Gasteiger charge is -2.23. The molecule has 4 N–H and O–H groups in total. The third-order valence-electron chi connectivity index (χ3n) is 3.62. The Morgan fingerprint density at radius 1 is 0.433 bits per heavy atom. The molecule has 4 atom stereocenters. The maximum atomic E-state index is 11.3. The highest BCUT2D eigenvalue weighted by atomic mass is 16.6. The van der Waals surface area contributed by atoms with Crippen LogP contribution in [0.15, 0.2) is 0 Å². The van der Waals surface area contributed by atoms with Crippen molar-refractivity contribution in [2.24, 2.45) is 0 Å². The second-order valence-electron chi connectivity index (χ2n) is 5.74. The molecule has 1 aliphatic heterocycles. The van der Waals surface area contributed by atoms with Crippen molar-refractivity contribution in [3.8, 4) is 0 Å². The van der Waals surface area contributed by atoms with E-state index in [4.69, 9.17) is 28.4 Å². The molecule has 0 aliphatic carbocycles. The number of carboxylic acid groups (broad SMARTS) is 4. The van der Waals surface area contributed by atoms with Gasteiger partial charge in [0.15, 0.2) is 24.4 Å². The molecule has 1 rings (SSSR count). The van der Waals surface area contributed by atoms with Crippen molar-refractivity contribution in [3.63, 3.8) is 0 Å². The average Bonchev–Trinajstić information content (AvgIpc) is 2.66. The summed E-state index contributed by atoms with van der Waals surface area (Å²) in [5.41, 5.74) is 0. The molecule has 1 heterocycles. The van der Waals surface area contributed by atoms with E-state index >= 15 is 0 Å². The van der Waals surface area contributed by atoms with Gasteiger partial charge in [0.2, 0.25) is 0 Å². The Morgan fingerprint density at radius 3 is 0.800 bits per heavy atom. The number of hydrogen-bond acceptors (Lipinski definition) is 10. The Bertz CT molecular complexity index is 480. The molecule has 1 fully saturated rings. The third-order valence-corrected chi connectivity index (χ3v) is 3.62. The molecular formula is C16H24O14. The summed E-state index contributed by atoms with van der Waals surface area (Å²) >= 11 is 0. The van der Waals surface area contributed by atoms with Gasteiger partial charge in [0, 0.05) is 0 Å². The van der Waals surface area contributed by atoms with Gasteiger partial charge >= 0.3 is 23.9 Å². The molecule has 0 bridgehead atoms. The van der Waals surface area contributed by atoms with Crippen molar-refractivity contribution in [2.75, 3.05) is 52.9 Å². The summed E-state index contributed by atoms with van der Waals surface area (Å²) in [6, 6.07) is 0. The van der Waals surface area contributed by atoms with Crippen LogP contribution in [0.5, 0.6) is 0 Å². The summed E-state index contributed by atoms with van der Waals surface area (Å²) in [5.74, 6) is -6.17. The lowest BCUT2D eigenvalue weighted by molar-refractivity contribution is -0.183. The van der Waals surface area contributed by atoms with Gasteiger partial charge in [0.1, 0.15) is 0 Å². The highest BCUT2D eigenvalue weighted by molar-refractivity contribution is 5.84. The van der Waals surface area contributed by atoms with Gasteiger partial charge in [-0.1, -0.05) is 0 Å². The number of hydrogen-bond donors (Lipinski definition) is 4. The minimum atomic E-state index is -1.79. The molecule has 0 aromatic carbocycles. The average molecular weight is 440 g/mol. The lowest BCUT2D eigenvalue weighted by atomic mass is 10.2. The highest BCUT2D eigenvalue weighted by Gasteiger charge is 2.37. The largest absolute Gasteiger partial charge is 0.479 e. The quantitative estimate of drug-likeness (QED) is 0.370. The Kier molecular flexibility index (Phi) is 11.8. The summed E-state index contributed by atoms with van der Waals surface area (Å²) < 4.78 is 30.3. The summed E-state index contributed by atoms with van der Waals surface area (Å²) in [6.07, 6.45) is -7.18. The number of rotatable bonds is 4. The monoisotopic (exact) mass is 440 g/mol. The van der Waals surface area contributed by atoms with Crippen molar-refractivity contribution in [1.29, 1.82) is 0 Å². The van der Waals surface area contributed by atoms with E-state index in [0.29, 0.717) is 0 Å². The maximum Gasteiger partial charge on any atom is 0.336 e. The summed E-state index contributed by atoms with van der Waals surface area (Å²) in [7, 11) is 0. The normalized spacial score (nSPS) is 28.5. The Morgan fingerprint density at radius 2 is 0.633 bits per heavy atom. The van der Waals surface area contributed by atoms with Crippen LogP contribution < -0.4 is 0 Å². The van der Waals surface area contributed by atoms with Crippen LogP contribution in [-0.4, -0.2) is 122 Å². The van der Waals surface area contributed by atoms with Crippen molar-refractivity contribution >= 4 is 23.9 Å². The van der Waals surface area contributed by atoms with Crippen molar-refractivity contribution in [1.82, 2.24) is 0 Å². The van der Waals surface area contributed by atoms with Gasteiger partial charge in [-0.15, -0.1) is 0 Å². The fourth-order valence-corrected chi connectivity index (χ4v) is 2.29. The summed E-state index contributed by atoms with van der Waals surface area (Å²) in [6.45, 7) is -1.88. The molecule has 0 saturated carbocycles. The molecule has 0 aromatic rings. The van der Waals surface area contributed by atoms with E-state index in [1.165, 1.54) is 0 Å². The number of aliphatic carboxylic acids is 4. The minimum Gasteiger partial charge on any atom is -0.479 e. The summed E-state index contributed by atoms with van der Waals surface area (Å²) in [4.78, 5) is 45.2. The van der Waals surface area contributed by atoms with Crippen LogP contribution in [0.25, 0.3) is 0 Å².